The van der Waals surface area contributed by atoms with E-state index in [-0.39, 0.29) is 0 Å². The van der Waals surface area contributed by atoms with Crippen molar-refractivity contribution in [3.8, 4) is 0 Å². The average molecular weight is 307 g/mol. The number of aliphatic carboxylic acids is 1. The highest BCUT2D eigenvalue weighted by Crippen LogP contribution is 2.25. The summed E-state index contributed by atoms with van der Waals surface area (Å²) in [5, 5.41) is 12.3. The van der Waals surface area contributed by atoms with E-state index in [1.54, 1.807) is 18.2 Å². The fourth-order valence-corrected chi connectivity index (χ4v) is 2.90. The first-order chi connectivity index (χ1) is 9.85. The summed E-state index contributed by atoms with van der Waals surface area (Å²) in [4.78, 5) is 27.7. The number of amides is 1. The number of hydrogen-bond acceptors (Lipinski definition) is 5. The second kappa shape index (κ2) is 5.69. The van der Waals surface area contributed by atoms with E-state index in [1.807, 2.05) is 6.92 Å². The van der Waals surface area contributed by atoms with E-state index < -0.39 is 17.4 Å². The van der Waals surface area contributed by atoms with Crippen LogP contribution < -0.4 is 11.1 Å². The van der Waals surface area contributed by atoms with Gasteiger partial charge in [-0.05, 0) is 31.5 Å². The summed E-state index contributed by atoms with van der Waals surface area (Å²) in [5.41, 5.74) is 5.48. The molecule has 1 heterocycles. The van der Waals surface area contributed by atoms with Crippen LogP contribution in [-0.2, 0) is 4.79 Å². The van der Waals surface area contributed by atoms with Crippen LogP contribution in [0.3, 0.4) is 0 Å². The number of aromatic nitrogens is 1. The van der Waals surface area contributed by atoms with Gasteiger partial charge in [0.2, 0.25) is 0 Å². The molecule has 0 radical (unpaired) electrons. The number of carboxylic acid groups (broad SMARTS) is 1. The van der Waals surface area contributed by atoms with Gasteiger partial charge in [-0.3, -0.25) is 4.79 Å². The summed E-state index contributed by atoms with van der Waals surface area (Å²) in [6.45, 7) is 3.39. The van der Waals surface area contributed by atoms with E-state index in [4.69, 9.17) is 5.73 Å². The quantitative estimate of drug-likeness (QED) is 0.785. The monoisotopic (exact) mass is 307 g/mol. The molecular formula is C14H17N3O3S. The molecule has 0 aliphatic carbocycles. The molecule has 7 heteroatoms. The van der Waals surface area contributed by atoms with Crippen LogP contribution in [0.5, 0.6) is 0 Å². The molecule has 4 N–H and O–H groups in total. The van der Waals surface area contributed by atoms with E-state index in [1.165, 1.54) is 18.3 Å². The second-order valence-electron chi connectivity index (χ2n) is 5.08. The van der Waals surface area contributed by atoms with Crippen LogP contribution in [0.4, 0.5) is 5.13 Å². The first-order valence-electron chi connectivity index (χ1n) is 6.57. The van der Waals surface area contributed by atoms with Crippen LogP contribution in [0.25, 0.3) is 10.2 Å². The molecular weight excluding hydrogens is 290 g/mol. The van der Waals surface area contributed by atoms with E-state index >= 15 is 0 Å². The number of nitrogens with zero attached hydrogens (tertiary/aromatic N) is 1. The summed E-state index contributed by atoms with van der Waals surface area (Å²) in [6.07, 6.45) is 1.03. The zero-order valence-corrected chi connectivity index (χ0v) is 12.7. The first-order valence-corrected chi connectivity index (χ1v) is 7.39. The SMILES string of the molecule is CCCC(C)(NC(=O)c1ccc2nc(N)sc2c1)C(=O)O. The highest BCUT2D eigenvalue weighted by molar-refractivity contribution is 7.22. The second-order valence-corrected chi connectivity index (χ2v) is 6.14. The largest absolute Gasteiger partial charge is 0.480 e. The number of anilines is 1. The molecule has 0 saturated heterocycles. The van der Waals surface area contributed by atoms with E-state index in [0.717, 1.165) is 10.2 Å². The third kappa shape index (κ3) is 3.13. The Kier molecular flexibility index (Phi) is 4.13. The number of carbonyl (C=O) groups is 2. The lowest BCUT2D eigenvalue weighted by Gasteiger charge is -2.25. The Balaban J connectivity index is 2.26. The number of carbonyl (C=O) groups excluding carboxylic acids is 1. The first kappa shape index (κ1) is 15.2. The minimum Gasteiger partial charge on any atom is -0.480 e. The van der Waals surface area contributed by atoms with Crippen molar-refractivity contribution >= 4 is 38.6 Å². The van der Waals surface area contributed by atoms with Gasteiger partial charge in [0.1, 0.15) is 5.54 Å². The average Bonchev–Trinajstić information content (AvgIpc) is 2.77. The maximum atomic E-state index is 12.3. The molecule has 112 valence electrons. The molecule has 0 aliphatic rings. The van der Waals surface area contributed by atoms with Crippen LogP contribution in [0.15, 0.2) is 18.2 Å². The predicted molar refractivity (Wildman–Crippen MR) is 82.4 cm³/mol. The minimum atomic E-state index is -1.27. The number of thiazole rings is 1. The lowest BCUT2D eigenvalue weighted by atomic mass is 9.95. The van der Waals surface area contributed by atoms with Gasteiger partial charge in [0.05, 0.1) is 10.2 Å². The van der Waals surface area contributed by atoms with Crippen LogP contribution in [-0.4, -0.2) is 27.5 Å². The van der Waals surface area contributed by atoms with Gasteiger partial charge in [-0.2, -0.15) is 0 Å². The zero-order valence-electron chi connectivity index (χ0n) is 11.8. The van der Waals surface area contributed by atoms with E-state index in [9.17, 15) is 14.7 Å². The molecule has 1 aromatic heterocycles. The normalized spacial score (nSPS) is 13.8. The van der Waals surface area contributed by atoms with Crippen molar-refractivity contribution in [1.29, 1.82) is 0 Å². The Bertz CT molecular complexity index is 698. The lowest BCUT2D eigenvalue weighted by Crippen LogP contribution is -2.52. The Morgan fingerprint density at radius 3 is 2.81 bits per heavy atom. The molecule has 6 nitrogen and oxygen atoms in total. The number of fused-ring (bicyclic) bond motifs is 1. The fourth-order valence-electron chi connectivity index (χ4n) is 2.13. The molecule has 1 unspecified atom stereocenters. The molecule has 0 bridgehead atoms. The maximum absolute atomic E-state index is 12.3. The number of benzene rings is 1. The Hall–Kier alpha value is -2.15. The summed E-state index contributed by atoms with van der Waals surface area (Å²) in [7, 11) is 0. The van der Waals surface area contributed by atoms with Gasteiger partial charge in [-0.25, -0.2) is 9.78 Å². The number of carboxylic acids is 1. The summed E-state index contributed by atoms with van der Waals surface area (Å²) in [5.74, 6) is -1.46. The number of hydrogen-bond donors (Lipinski definition) is 3. The minimum absolute atomic E-state index is 0.365. The van der Waals surface area contributed by atoms with E-state index in [2.05, 4.69) is 10.3 Å². The Morgan fingerprint density at radius 1 is 1.48 bits per heavy atom. The molecule has 0 saturated carbocycles. The maximum Gasteiger partial charge on any atom is 0.329 e. The third-order valence-corrected chi connectivity index (χ3v) is 4.13. The topological polar surface area (TPSA) is 105 Å². The number of nitrogen functional groups attached to an aromatic ring is 1. The van der Waals surface area contributed by atoms with Crippen molar-refractivity contribution in [2.75, 3.05) is 5.73 Å². The van der Waals surface area contributed by atoms with Gasteiger partial charge in [-0.1, -0.05) is 24.7 Å². The van der Waals surface area contributed by atoms with Crippen molar-refractivity contribution in [1.82, 2.24) is 10.3 Å². The van der Waals surface area contributed by atoms with E-state index in [0.29, 0.717) is 23.5 Å². The molecule has 2 aromatic rings. The Morgan fingerprint density at radius 2 is 2.19 bits per heavy atom. The summed E-state index contributed by atoms with van der Waals surface area (Å²) in [6, 6.07) is 4.99. The number of nitrogens with one attached hydrogen (secondary N) is 1. The highest BCUT2D eigenvalue weighted by atomic mass is 32.1. The molecule has 0 spiro atoms. The van der Waals surface area contributed by atoms with Gasteiger partial charge in [0, 0.05) is 5.56 Å². The lowest BCUT2D eigenvalue weighted by molar-refractivity contribution is -0.144. The van der Waals surface area contributed by atoms with Crippen LogP contribution in [0, 0.1) is 0 Å². The van der Waals surface area contributed by atoms with Gasteiger partial charge in [0.25, 0.3) is 5.91 Å². The molecule has 0 fully saturated rings. The standard InChI is InChI=1S/C14H17N3O3S/c1-3-6-14(2,12(19)20)17-11(18)8-4-5-9-10(7-8)21-13(15)16-9/h4-5,7H,3,6H2,1-2H3,(H2,15,16)(H,17,18)(H,19,20). The summed E-state index contributed by atoms with van der Waals surface area (Å²) >= 11 is 1.29. The molecule has 2 rings (SSSR count). The van der Waals surface area contributed by atoms with Crippen LogP contribution in [0.2, 0.25) is 0 Å². The van der Waals surface area contributed by atoms with Crippen molar-refractivity contribution in [2.45, 2.75) is 32.2 Å². The highest BCUT2D eigenvalue weighted by Gasteiger charge is 2.34. The van der Waals surface area contributed by atoms with Crippen molar-refractivity contribution in [2.24, 2.45) is 0 Å². The van der Waals surface area contributed by atoms with Gasteiger partial charge >= 0.3 is 5.97 Å². The number of nitrogens with two attached hydrogens (primary N) is 1. The van der Waals surface area contributed by atoms with Crippen molar-refractivity contribution < 1.29 is 14.7 Å². The molecule has 1 atom stereocenters. The molecule has 21 heavy (non-hydrogen) atoms. The van der Waals surface area contributed by atoms with Crippen LogP contribution >= 0.6 is 11.3 Å². The third-order valence-electron chi connectivity index (χ3n) is 3.28. The van der Waals surface area contributed by atoms with Crippen molar-refractivity contribution in [3.63, 3.8) is 0 Å². The van der Waals surface area contributed by atoms with Gasteiger partial charge in [0.15, 0.2) is 5.13 Å². The predicted octanol–water partition coefficient (Wildman–Crippen LogP) is 2.25. The van der Waals surface area contributed by atoms with Crippen molar-refractivity contribution in [3.05, 3.63) is 23.8 Å². The Labute approximate surface area is 126 Å². The molecule has 1 amide bonds. The fraction of sp³-hybridized carbons (Fsp3) is 0.357. The smallest absolute Gasteiger partial charge is 0.329 e. The molecule has 0 aliphatic heterocycles. The zero-order chi connectivity index (χ0) is 15.6. The molecule has 1 aromatic carbocycles. The number of rotatable bonds is 5. The van der Waals surface area contributed by atoms with Crippen LogP contribution in [0.1, 0.15) is 37.0 Å². The van der Waals surface area contributed by atoms with Gasteiger partial charge < -0.3 is 16.2 Å². The van der Waals surface area contributed by atoms with Gasteiger partial charge in [-0.15, -0.1) is 0 Å². The summed E-state index contributed by atoms with van der Waals surface area (Å²) < 4.78 is 0.799.